The van der Waals surface area contributed by atoms with Crippen LogP contribution in [0.25, 0.3) is 0 Å². The van der Waals surface area contributed by atoms with Gasteiger partial charge in [0.15, 0.2) is 0 Å². The number of hydrogen-bond donors (Lipinski definition) is 2. The molecule has 0 atom stereocenters. The van der Waals surface area contributed by atoms with E-state index in [1.54, 1.807) is 0 Å². The number of rotatable bonds is 1. The molecule has 0 heterocycles. The predicted molar refractivity (Wildman–Crippen MR) is 21.3 cm³/mol. The molecule has 2 nitrogen and oxygen atoms in total. The molecule has 0 spiro atoms. The van der Waals surface area contributed by atoms with Crippen LogP contribution in [0.4, 0.5) is 0 Å². The molecule has 0 aliphatic heterocycles. The molecule has 0 fully saturated rings. The van der Waals surface area contributed by atoms with Crippen LogP contribution in [0.1, 0.15) is 0 Å². The molecule has 0 saturated heterocycles. The van der Waals surface area contributed by atoms with Crippen LogP contribution >= 0.6 is 0 Å². The van der Waals surface area contributed by atoms with Crippen molar-refractivity contribution in [1.82, 2.24) is 0 Å². The average molecular weight is 86.1 g/mol. The summed E-state index contributed by atoms with van der Waals surface area (Å²) in [6.45, 7) is -0.250. The van der Waals surface area contributed by atoms with E-state index in [2.05, 4.69) is 0 Å². The average Bonchev–Trinajstić information content (AvgIpc) is 1.37. The summed E-state index contributed by atoms with van der Waals surface area (Å²) in [7, 11) is 0. The van der Waals surface area contributed by atoms with Gasteiger partial charge in [-0.15, -0.1) is 0 Å². The van der Waals surface area contributed by atoms with Crippen molar-refractivity contribution in [3.05, 3.63) is 0 Å². The van der Waals surface area contributed by atoms with Crippen LogP contribution < -0.4 is 0 Å². The topological polar surface area (TPSA) is 40.5 Å². The third-order valence-corrected chi connectivity index (χ3v) is 0.1000. The summed E-state index contributed by atoms with van der Waals surface area (Å²) >= 11 is 0. The first-order valence-corrected chi connectivity index (χ1v) is 1.13. The Labute approximate surface area is 53.1 Å². The van der Waals surface area contributed by atoms with Gasteiger partial charge in [-0.1, -0.05) is 0 Å². The molecule has 0 aromatic rings. The normalized spacial score (nSPS) is 6.00. The third-order valence-electron chi connectivity index (χ3n) is 0.1000. The van der Waals surface area contributed by atoms with E-state index in [-0.39, 0.29) is 42.8 Å². The van der Waals surface area contributed by atoms with Gasteiger partial charge in [-0.2, -0.15) is 0 Å². The quantitative estimate of drug-likeness (QED) is 0.374. The second-order valence-corrected chi connectivity index (χ2v) is 0.447. The van der Waals surface area contributed by atoms with Crippen molar-refractivity contribution in [3.8, 4) is 0 Å². The van der Waals surface area contributed by atoms with Crippen LogP contribution in [0, 0.1) is 0 Å². The summed E-state index contributed by atoms with van der Waals surface area (Å²) in [6, 6.07) is 0. The fourth-order valence-corrected chi connectivity index (χ4v) is 0. The summed E-state index contributed by atoms with van der Waals surface area (Å²) < 4.78 is 0. The van der Waals surface area contributed by atoms with Crippen molar-refractivity contribution >= 4 is 29.6 Å². The SMILES string of the molecule is OCCO.[NaH]. The Hall–Kier alpha value is 0.920. The van der Waals surface area contributed by atoms with E-state index >= 15 is 0 Å². The second-order valence-electron chi connectivity index (χ2n) is 0.447. The summed E-state index contributed by atoms with van der Waals surface area (Å²) in [4.78, 5) is 0. The van der Waals surface area contributed by atoms with Crippen LogP contribution in [0.15, 0.2) is 0 Å². The molecule has 2 N–H and O–H groups in total. The molecule has 0 saturated carbocycles. The van der Waals surface area contributed by atoms with Gasteiger partial charge in [0.2, 0.25) is 0 Å². The van der Waals surface area contributed by atoms with E-state index in [0.717, 1.165) is 0 Å². The van der Waals surface area contributed by atoms with E-state index in [9.17, 15) is 0 Å². The molecule has 28 valence electrons. The summed E-state index contributed by atoms with van der Waals surface area (Å²) in [5, 5.41) is 15.2. The van der Waals surface area contributed by atoms with Gasteiger partial charge in [0.25, 0.3) is 0 Å². The molecule has 0 unspecified atom stereocenters. The number of hydrogen-bond acceptors (Lipinski definition) is 2. The Kier molecular flexibility index (Phi) is 16.5. The minimum absolute atomic E-state index is 0. The van der Waals surface area contributed by atoms with Gasteiger partial charge < -0.3 is 10.2 Å². The molecule has 5 heavy (non-hydrogen) atoms. The fourth-order valence-electron chi connectivity index (χ4n) is 0. The van der Waals surface area contributed by atoms with Gasteiger partial charge in [0, 0.05) is 0 Å². The van der Waals surface area contributed by atoms with Gasteiger partial charge in [0.1, 0.15) is 0 Å². The van der Waals surface area contributed by atoms with Gasteiger partial charge >= 0.3 is 29.6 Å². The van der Waals surface area contributed by atoms with Crippen molar-refractivity contribution in [2.45, 2.75) is 0 Å². The molecule has 0 radical (unpaired) electrons. The molecule has 0 aliphatic rings. The molecule has 0 amide bonds. The molecule has 0 aliphatic carbocycles. The Balaban J connectivity index is 0. The second kappa shape index (κ2) is 8.87. The summed E-state index contributed by atoms with van der Waals surface area (Å²) in [6.07, 6.45) is 0. The molecular formula is C2H7NaO2. The van der Waals surface area contributed by atoms with Crippen LogP contribution in [0.3, 0.4) is 0 Å². The number of aliphatic hydroxyl groups excluding tert-OH is 2. The van der Waals surface area contributed by atoms with Gasteiger partial charge in [-0.3, -0.25) is 0 Å². The molecule has 0 aromatic carbocycles. The van der Waals surface area contributed by atoms with E-state index in [1.807, 2.05) is 0 Å². The van der Waals surface area contributed by atoms with E-state index in [1.165, 1.54) is 0 Å². The monoisotopic (exact) mass is 86.0 g/mol. The molecule has 0 bridgehead atoms. The van der Waals surface area contributed by atoms with E-state index in [4.69, 9.17) is 10.2 Å². The van der Waals surface area contributed by atoms with Crippen LogP contribution in [-0.2, 0) is 0 Å². The predicted octanol–water partition coefficient (Wildman–Crippen LogP) is -1.68. The zero-order valence-corrected chi connectivity index (χ0v) is 2.31. The van der Waals surface area contributed by atoms with Gasteiger partial charge in [0.05, 0.1) is 13.2 Å². The van der Waals surface area contributed by atoms with E-state index < -0.39 is 0 Å². The molecule has 0 rings (SSSR count). The standard InChI is InChI=1S/C2H6O2.Na.H/c3-1-2-4;;/h3-4H,1-2H2;;. The molecule has 3 heteroatoms. The third kappa shape index (κ3) is 11.4. The van der Waals surface area contributed by atoms with Crippen LogP contribution in [0.2, 0.25) is 0 Å². The maximum atomic E-state index is 7.62. The first-order valence-electron chi connectivity index (χ1n) is 1.13. The minimum atomic E-state index is -0.125. The first kappa shape index (κ1) is 9.33. The summed E-state index contributed by atoms with van der Waals surface area (Å²) in [5.41, 5.74) is 0. The van der Waals surface area contributed by atoms with E-state index in [0.29, 0.717) is 0 Å². The van der Waals surface area contributed by atoms with Gasteiger partial charge in [-0.25, -0.2) is 0 Å². The maximum absolute atomic E-state index is 7.62. The number of aliphatic hydroxyl groups is 2. The zero-order valence-electron chi connectivity index (χ0n) is 2.31. The van der Waals surface area contributed by atoms with Crippen molar-refractivity contribution in [2.24, 2.45) is 0 Å². The Morgan fingerprint density at radius 1 is 1.00 bits per heavy atom. The fraction of sp³-hybridized carbons (Fsp3) is 1.00. The van der Waals surface area contributed by atoms with Crippen LogP contribution in [0.5, 0.6) is 0 Å². The Morgan fingerprint density at radius 3 is 1.20 bits per heavy atom. The van der Waals surface area contributed by atoms with Crippen molar-refractivity contribution in [1.29, 1.82) is 0 Å². The Morgan fingerprint density at radius 2 is 1.20 bits per heavy atom. The van der Waals surface area contributed by atoms with Crippen molar-refractivity contribution in [2.75, 3.05) is 13.2 Å². The molecular weight excluding hydrogens is 79.0 g/mol. The van der Waals surface area contributed by atoms with Crippen LogP contribution in [-0.4, -0.2) is 53.0 Å². The first-order chi connectivity index (χ1) is 1.91. The van der Waals surface area contributed by atoms with Crippen molar-refractivity contribution < 1.29 is 10.2 Å². The van der Waals surface area contributed by atoms with Crippen molar-refractivity contribution in [3.63, 3.8) is 0 Å². The Bertz CT molecular complexity index is 9.61. The van der Waals surface area contributed by atoms with Gasteiger partial charge in [-0.05, 0) is 0 Å². The zero-order chi connectivity index (χ0) is 3.41. The summed E-state index contributed by atoms with van der Waals surface area (Å²) in [5.74, 6) is 0. The molecule has 0 aromatic heterocycles.